The van der Waals surface area contributed by atoms with Crippen LogP contribution in [0.15, 0.2) is 36.4 Å². The monoisotopic (exact) mass is 284 g/mol. The second kappa shape index (κ2) is 5.41. The van der Waals surface area contributed by atoms with E-state index in [1.165, 1.54) is 11.1 Å². The van der Waals surface area contributed by atoms with Gasteiger partial charge in [-0.15, -0.1) is 0 Å². The summed E-state index contributed by atoms with van der Waals surface area (Å²) >= 11 is 0. The molecule has 21 heavy (non-hydrogen) atoms. The van der Waals surface area contributed by atoms with Gasteiger partial charge < -0.3 is 14.6 Å². The molecule has 0 saturated carbocycles. The number of methoxy groups -OCH3 is 1. The second-order valence-electron chi connectivity index (χ2n) is 5.62. The number of rotatable bonds is 3. The molecule has 110 valence electrons. The van der Waals surface area contributed by atoms with E-state index in [-0.39, 0.29) is 6.10 Å². The minimum Gasteiger partial charge on any atom is -0.497 e. The molecule has 0 heterocycles. The van der Waals surface area contributed by atoms with Gasteiger partial charge in [0, 0.05) is 6.42 Å². The van der Waals surface area contributed by atoms with Crippen molar-refractivity contribution in [3.8, 4) is 11.5 Å². The van der Waals surface area contributed by atoms with Crippen molar-refractivity contribution in [2.75, 3.05) is 7.11 Å². The molecule has 1 aliphatic carbocycles. The van der Waals surface area contributed by atoms with E-state index < -0.39 is 6.10 Å². The van der Waals surface area contributed by atoms with Gasteiger partial charge in [-0.2, -0.15) is 0 Å². The van der Waals surface area contributed by atoms with Crippen LogP contribution in [0.3, 0.4) is 0 Å². The van der Waals surface area contributed by atoms with Gasteiger partial charge in [-0.3, -0.25) is 0 Å². The molecule has 1 N–H and O–H groups in total. The summed E-state index contributed by atoms with van der Waals surface area (Å²) < 4.78 is 11.2. The van der Waals surface area contributed by atoms with E-state index in [2.05, 4.69) is 13.8 Å². The van der Waals surface area contributed by atoms with E-state index in [0.29, 0.717) is 6.42 Å². The van der Waals surface area contributed by atoms with Crippen LogP contribution in [-0.2, 0) is 6.42 Å². The highest BCUT2D eigenvalue weighted by atomic mass is 16.5. The first kappa shape index (κ1) is 14.0. The number of ether oxygens (including phenoxy) is 2. The van der Waals surface area contributed by atoms with Gasteiger partial charge in [0.1, 0.15) is 23.7 Å². The molecule has 0 radical (unpaired) electrons. The van der Waals surface area contributed by atoms with Crippen molar-refractivity contribution in [2.24, 2.45) is 0 Å². The summed E-state index contributed by atoms with van der Waals surface area (Å²) in [4.78, 5) is 0. The third kappa shape index (κ3) is 2.61. The Morgan fingerprint density at radius 1 is 1.00 bits per heavy atom. The molecule has 0 aliphatic heterocycles. The third-order valence-corrected chi connectivity index (χ3v) is 4.21. The summed E-state index contributed by atoms with van der Waals surface area (Å²) in [6.07, 6.45) is -0.140. The van der Waals surface area contributed by atoms with E-state index in [1.807, 2.05) is 36.4 Å². The molecule has 2 atom stereocenters. The molecule has 0 bridgehead atoms. The molecule has 2 unspecified atom stereocenters. The number of aliphatic hydroxyl groups excluding tert-OH is 1. The highest BCUT2D eigenvalue weighted by Gasteiger charge is 2.33. The fraction of sp³-hybridized carbons (Fsp3) is 0.333. The van der Waals surface area contributed by atoms with Gasteiger partial charge in [-0.25, -0.2) is 0 Å². The number of aliphatic hydroxyl groups is 1. The molecule has 1 aliphatic rings. The summed E-state index contributed by atoms with van der Waals surface area (Å²) in [6, 6.07) is 11.8. The number of fused-ring (bicyclic) bond motifs is 1. The van der Waals surface area contributed by atoms with Crippen molar-refractivity contribution in [1.82, 2.24) is 0 Å². The molecular formula is C18H20O3. The van der Waals surface area contributed by atoms with Crippen LogP contribution in [0.2, 0.25) is 0 Å². The summed E-state index contributed by atoms with van der Waals surface area (Å²) in [6.45, 7) is 4.14. The lowest BCUT2D eigenvalue weighted by molar-refractivity contribution is 0.0492. The molecule has 0 spiro atoms. The molecule has 0 saturated heterocycles. The van der Waals surface area contributed by atoms with Crippen LogP contribution in [0, 0.1) is 13.8 Å². The number of benzene rings is 2. The van der Waals surface area contributed by atoms with Crippen LogP contribution in [0.5, 0.6) is 11.5 Å². The first-order chi connectivity index (χ1) is 10.1. The lowest BCUT2D eigenvalue weighted by Crippen LogP contribution is -2.21. The number of hydrogen-bond acceptors (Lipinski definition) is 3. The van der Waals surface area contributed by atoms with Crippen molar-refractivity contribution in [3.05, 3.63) is 58.7 Å². The Labute approximate surface area is 125 Å². The molecule has 0 fully saturated rings. The molecule has 2 aromatic rings. The van der Waals surface area contributed by atoms with E-state index in [9.17, 15) is 5.11 Å². The van der Waals surface area contributed by atoms with Gasteiger partial charge in [-0.05, 0) is 60.4 Å². The topological polar surface area (TPSA) is 38.7 Å². The van der Waals surface area contributed by atoms with Crippen molar-refractivity contribution >= 4 is 0 Å². The maximum Gasteiger partial charge on any atom is 0.133 e. The Morgan fingerprint density at radius 2 is 1.76 bits per heavy atom. The molecule has 3 heteroatoms. The molecule has 2 aromatic carbocycles. The van der Waals surface area contributed by atoms with E-state index in [1.54, 1.807) is 7.11 Å². The zero-order chi connectivity index (χ0) is 15.0. The molecule has 0 aromatic heterocycles. The molecule has 3 nitrogen and oxygen atoms in total. The Kier molecular flexibility index (Phi) is 3.60. The van der Waals surface area contributed by atoms with Gasteiger partial charge in [0.05, 0.1) is 7.11 Å². The SMILES string of the molecule is COc1ccc2c(c1)C(O)C(Oc1ccc(C)c(C)c1)C2. The molecule has 0 amide bonds. The summed E-state index contributed by atoms with van der Waals surface area (Å²) in [5.74, 6) is 1.57. The zero-order valence-electron chi connectivity index (χ0n) is 12.6. The minimum atomic E-state index is -0.614. The van der Waals surface area contributed by atoms with Crippen LogP contribution >= 0.6 is 0 Å². The Bertz CT molecular complexity index is 664. The van der Waals surface area contributed by atoms with Crippen molar-refractivity contribution in [1.29, 1.82) is 0 Å². The van der Waals surface area contributed by atoms with E-state index >= 15 is 0 Å². The van der Waals surface area contributed by atoms with E-state index in [4.69, 9.17) is 9.47 Å². The van der Waals surface area contributed by atoms with Crippen LogP contribution < -0.4 is 9.47 Å². The standard InChI is InChI=1S/C18H20O3/c1-11-4-6-15(8-12(11)2)21-17-9-13-5-7-14(20-3)10-16(13)18(17)19/h4-8,10,17-19H,9H2,1-3H3. The second-order valence-corrected chi connectivity index (χ2v) is 5.62. The van der Waals surface area contributed by atoms with Gasteiger partial charge in [0.2, 0.25) is 0 Å². The van der Waals surface area contributed by atoms with Crippen molar-refractivity contribution in [2.45, 2.75) is 32.5 Å². The lowest BCUT2D eigenvalue weighted by atomic mass is 10.1. The zero-order valence-corrected chi connectivity index (χ0v) is 12.6. The van der Waals surface area contributed by atoms with Crippen LogP contribution in [0.25, 0.3) is 0 Å². The van der Waals surface area contributed by atoms with Crippen LogP contribution in [0.4, 0.5) is 0 Å². The van der Waals surface area contributed by atoms with Crippen molar-refractivity contribution < 1.29 is 14.6 Å². The fourth-order valence-corrected chi connectivity index (χ4v) is 2.76. The Hall–Kier alpha value is -2.00. The average Bonchev–Trinajstić information content (AvgIpc) is 2.79. The van der Waals surface area contributed by atoms with Gasteiger partial charge in [0.25, 0.3) is 0 Å². The number of hydrogen-bond donors (Lipinski definition) is 1. The minimum absolute atomic E-state index is 0.241. The Balaban J connectivity index is 1.81. The highest BCUT2D eigenvalue weighted by molar-refractivity contribution is 5.42. The first-order valence-corrected chi connectivity index (χ1v) is 7.17. The fourth-order valence-electron chi connectivity index (χ4n) is 2.76. The maximum atomic E-state index is 10.5. The summed E-state index contributed by atoms with van der Waals surface area (Å²) in [7, 11) is 1.63. The molecule has 3 rings (SSSR count). The number of aryl methyl sites for hydroxylation is 2. The first-order valence-electron chi connectivity index (χ1n) is 7.17. The predicted molar refractivity (Wildman–Crippen MR) is 82.0 cm³/mol. The Morgan fingerprint density at radius 3 is 2.48 bits per heavy atom. The largest absolute Gasteiger partial charge is 0.497 e. The quantitative estimate of drug-likeness (QED) is 0.939. The lowest BCUT2D eigenvalue weighted by Gasteiger charge is -2.18. The summed E-state index contributed by atoms with van der Waals surface area (Å²) in [5, 5.41) is 10.5. The highest BCUT2D eigenvalue weighted by Crippen LogP contribution is 2.36. The smallest absolute Gasteiger partial charge is 0.133 e. The van der Waals surface area contributed by atoms with Crippen molar-refractivity contribution in [3.63, 3.8) is 0 Å². The van der Waals surface area contributed by atoms with Gasteiger partial charge in [-0.1, -0.05) is 12.1 Å². The maximum absolute atomic E-state index is 10.5. The normalized spacial score (nSPS) is 20.2. The third-order valence-electron chi connectivity index (χ3n) is 4.21. The van der Waals surface area contributed by atoms with Gasteiger partial charge >= 0.3 is 0 Å². The van der Waals surface area contributed by atoms with Crippen LogP contribution in [0.1, 0.15) is 28.4 Å². The average molecular weight is 284 g/mol. The van der Waals surface area contributed by atoms with E-state index in [0.717, 1.165) is 22.6 Å². The van der Waals surface area contributed by atoms with Gasteiger partial charge in [0.15, 0.2) is 0 Å². The predicted octanol–water partition coefficient (Wildman–Crippen LogP) is 3.35. The molecular weight excluding hydrogens is 264 g/mol. The van der Waals surface area contributed by atoms with Crippen LogP contribution in [-0.4, -0.2) is 18.3 Å². The summed E-state index contributed by atoms with van der Waals surface area (Å²) in [5.41, 5.74) is 4.46.